The molecule has 6 nitrogen and oxygen atoms in total. The fraction of sp³-hybridized carbons (Fsp3) is 0.350. The summed E-state index contributed by atoms with van der Waals surface area (Å²) < 4.78 is 50.5. The molecular weight excluding hydrogens is 385 g/mol. The number of hydrogen-bond acceptors (Lipinski definition) is 5. The van der Waals surface area contributed by atoms with Crippen molar-refractivity contribution in [3.05, 3.63) is 47.9 Å². The van der Waals surface area contributed by atoms with Gasteiger partial charge in [0.25, 0.3) is 0 Å². The second-order valence-electron chi connectivity index (χ2n) is 7.25. The van der Waals surface area contributed by atoms with Crippen LogP contribution in [0.1, 0.15) is 30.5 Å². The van der Waals surface area contributed by atoms with E-state index in [9.17, 15) is 13.2 Å². The predicted octanol–water partition coefficient (Wildman–Crippen LogP) is 4.65. The van der Waals surface area contributed by atoms with E-state index in [0.29, 0.717) is 13.0 Å². The maximum atomic E-state index is 13.0. The van der Waals surface area contributed by atoms with E-state index in [2.05, 4.69) is 19.9 Å². The van der Waals surface area contributed by atoms with Crippen LogP contribution < -0.4 is 4.74 Å². The highest BCUT2D eigenvalue weighted by Gasteiger charge is 2.37. The van der Waals surface area contributed by atoms with Gasteiger partial charge >= 0.3 is 6.18 Å². The molecule has 3 aromatic rings. The van der Waals surface area contributed by atoms with Crippen LogP contribution in [0, 0.1) is 0 Å². The number of aromatic amines is 1. The lowest BCUT2D eigenvalue weighted by Crippen LogP contribution is -2.42. The molecule has 1 aromatic carbocycles. The van der Waals surface area contributed by atoms with Crippen molar-refractivity contribution in [1.29, 1.82) is 0 Å². The minimum Gasteiger partial charge on any atom is -0.485 e. The molecule has 0 saturated carbocycles. The SMILES string of the molecule is COC[C@@]1(C)CC(C=Nc2ncnc3[nH]c(C(F)(F)F)cc23)c2ccccc2O1. The molecule has 152 valence electrons. The van der Waals surface area contributed by atoms with Gasteiger partial charge < -0.3 is 14.5 Å². The normalized spacial score (nSPS) is 22.0. The monoisotopic (exact) mass is 404 g/mol. The summed E-state index contributed by atoms with van der Waals surface area (Å²) in [5.74, 6) is 0.814. The first kappa shape index (κ1) is 19.4. The van der Waals surface area contributed by atoms with E-state index in [1.165, 1.54) is 6.33 Å². The van der Waals surface area contributed by atoms with E-state index < -0.39 is 17.5 Å². The molecule has 0 amide bonds. The van der Waals surface area contributed by atoms with E-state index in [0.717, 1.165) is 17.4 Å². The average molecular weight is 404 g/mol. The van der Waals surface area contributed by atoms with Crippen molar-refractivity contribution < 1.29 is 22.6 Å². The molecule has 0 bridgehead atoms. The molecule has 29 heavy (non-hydrogen) atoms. The zero-order chi connectivity index (χ0) is 20.6. The quantitative estimate of drug-likeness (QED) is 0.643. The van der Waals surface area contributed by atoms with Gasteiger partial charge in [0.2, 0.25) is 0 Å². The minimum absolute atomic E-state index is 0.0936. The number of hydrogen-bond donors (Lipinski definition) is 1. The molecule has 0 fully saturated rings. The molecule has 1 aliphatic heterocycles. The van der Waals surface area contributed by atoms with E-state index >= 15 is 0 Å². The molecule has 1 N–H and O–H groups in total. The Hall–Kier alpha value is -2.94. The molecule has 9 heteroatoms. The molecule has 1 unspecified atom stereocenters. The summed E-state index contributed by atoms with van der Waals surface area (Å²) in [6.07, 6.45) is -0.990. The Morgan fingerprint density at radius 3 is 2.90 bits per heavy atom. The Kier molecular flexibility index (Phi) is 4.77. The van der Waals surface area contributed by atoms with E-state index in [-0.39, 0.29) is 22.8 Å². The lowest BCUT2D eigenvalue weighted by atomic mass is 9.84. The number of H-pyrrole nitrogens is 1. The summed E-state index contributed by atoms with van der Waals surface area (Å²) in [4.78, 5) is 14.6. The van der Waals surface area contributed by atoms with Gasteiger partial charge in [-0.3, -0.25) is 0 Å². The topological polar surface area (TPSA) is 72.4 Å². The van der Waals surface area contributed by atoms with Crippen molar-refractivity contribution >= 4 is 23.1 Å². The van der Waals surface area contributed by atoms with Gasteiger partial charge in [-0.15, -0.1) is 0 Å². The van der Waals surface area contributed by atoms with Crippen molar-refractivity contribution in [2.75, 3.05) is 13.7 Å². The number of nitrogens with zero attached hydrogens (tertiary/aromatic N) is 3. The van der Waals surface area contributed by atoms with Crippen molar-refractivity contribution in [2.24, 2.45) is 4.99 Å². The Bertz CT molecular complexity index is 1060. The molecule has 1 aliphatic rings. The second kappa shape index (κ2) is 7.14. The van der Waals surface area contributed by atoms with E-state index in [4.69, 9.17) is 9.47 Å². The first-order valence-corrected chi connectivity index (χ1v) is 9.01. The molecular formula is C20H19F3N4O2. The molecule has 0 spiro atoms. The summed E-state index contributed by atoms with van der Waals surface area (Å²) in [7, 11) is 1.61. The Labute approximate surface area is 164 Å². The highest BCUT2D eigenvalue weighted by molar-refractivity contribution is 5.88. The number of para-hydroxylation sites is 1. The van der Waals surface area contributed by atoms with Crippen LogP contribution in [0.15, 0.2) is 41.7 Å². The number of methoxy groups -OCH3 is 1. The third-order valence-electron chi connectivity index (χ3n) is 4.86. The maximum absolute atomic E-state index is 13.0. The Balaban J connectivity index is 1.71. The average Bonchev–Trinajstić information content (AvgIpc) is 3.11. The van der Waals surface area contributed by atoms with Gasteiger partial charge in [0.1, 0.15) is 29.0 Å². The number of ether oxygens (including phenoxy) is 2. The van der Waals surface area contributed by atoms with Gasteiger partial charge in [-0.1, -0.05) is 18.2 Å². The van der Waals surface area contributed by atoms with Gasteiger partial charge in [-0.25, -0.2) is 15.0 Å². The molecule has 0 radical (unpaired) electrons. The number of alkyl halides is 3. The molecule has 0 aliphatic carbocycles. The number of fused-ring (bicyclic) bond motifs is 2. The predicted molar refractivity (Wildman–Crippen MR) is 102 cm³/mol. The smallest absolute Gasteiger partial charge is 0.431 e. The van der Waals surface area contributed by atoms with Crippen LogP contribution >= 0.6 is 0 Å². The maximum Gasteiger partial charge on any atom is 0.431 e. The molecule has 2 atom stereocenters. The van der Waals surface area contributed by atoms with Crippen LogP contribution in [0.5, 0.6) is 5.75 Å². The van der Waals surface area contributed by atoms with Gasteiger partial charge in [0.15, 0.2) is 5.82 Å². The second-order valence-corrected chi connectivity index (χ2v) is 7.25. The first-order chi connectivity index (χ1) is 13.8. The molecule has 2 aromatic heterocycles. The summed E-state index contributed by atoms with van der Waals surface area (Å²) >= 11 is 0. The van der Waals surface area contributed by atoms with Crippen molar-refractivity contribution in [3.63, 3.8) is 0 Å². The Morgan fingerprint density at radius 2 is 2.14 bits per heavy atom. The fourth-order valence-corrected chi connectivity index (χ4v) is 3.63. The summed E-state index contributed by atoms with van der Waals surface area (Å²) in [6, 6.07) is 8.61. The lowest BCUT2D eigenvalue weighted by molar-refractivity contribution is -0.140. The molecule has 0 saturated heterocycles. The number of benzene rings is 1. The third-order valence-corrected chi connectivity index (χ3v) is 4.86. The number of rotatable bonds is 4. The zero-order valence-electron chi connectivity index (χ0n) is 15.8. The zero-order valence-corrected chi connectivity index (χ0v) is 15.8. The molecule has 3 heterocycles. The van der Waals surface area contributed by atoms with Crippen LogP contribution in [-0.4, -0.2) is 40.5 Å². The van der Waals surface area contributed by atoms with Crippen LogP contribution in [0.2, 0.25) is 0 Å². The lowest BCUT2D eigenvalue weighted by Gasteiger charge is -2.38. The number of nitrogens with one attached hydrogen (secondary N) is 1. The number of aromatic nitrogens is 3. The summed E-state index contributed by atoms with van der Waals surface area (Å²) in [5.41, 5.74) is -0.372. The standard InChI is InChI=1S/C20H19F3N4O2/c1-19(10-28-2)8-12(13-5-3-4-6-15(13)29-19)9-24-17-14-7-16(20(21,22)23)27-18(14)26-11-25-17/h3-7,9,11-12H,8,10H2,1-2H3,(H,25,26,27)/t12?,19-/m1/s1. The van der Waals surface area contributed by atoms with Gasteiger partial charge in [-0.2, -0.15) is 13.2 Å². The van der Waals surface area contributed by atoms with Crippen LogP contribution in [0.25, 0.3) is 11.0 Å². The highest BCUT2D eigenvalue weighted by Crippen LogP contribution is 2.40. The van der Waals surface area contributed by atoms with Crippen molar-refractivity contribution in [3.8, 4) is 5.75 Å². The fourth-order valence-electron chi connectivity index (χ4n) is 3.63. The number of halogens is 3. The van der Waals surface area contributed by atoms with Crippen LogP contribution in [0.3, 0.4) is 0 Å². The van der Waals surface area contributed by atoms with Gasteiger partial charge in [0, 0.05) is 31.2 Å². The van der Waals surface area contributed by atoms with Crippen molar-refractivity contribution in [1.82, 2.24) is 15.0 Å². The number of aliphatic imine (C=N–C) groups is 1. The Morgan fingerprint density at radius 1 is 1.34 bits per heavy atom. The highest BCUT2D eigenvalue weighted by atomic mass is 19.4. The van der Waals surface area contributed by atoms with E-state index in [1.54, 1.807) is 13.3 Å². The summed E-state index contributed by atoms with van der Waals surface area (Å²) in [6.45, 7) is 2.36. The van der Waals surface area contributed by atoms with Gasteiger partial charge in [-0.05, 0) is 19.1 Å². The largest absolute Gasteiger partial charge is 0.485 e. The van der Waals surface area contributed by atoms with Crippen LogP contribution in [0.4, 0.5) is 19.0 Å². The summed E-state index contributed by atoms with van der Waals surface area (Å²) in [5, 5.41) is 0.219. The van der Waals surface area contributed by atoms with Crippen LogP contribution in [-0.2, 0) is 10.9 Å². The van der Waals surface area contributed by atoms with Crippen molar-refractivity contribution in [2.45, 2.75) is 31.0 Å². The van der Waals surface area contributed by atoms with Gasteiger partial charge in [0.05, 0.1) is 12.0 Å². The first-order valence-electron chi connectivity index (χ1n) is 9.01. The molecule has 4 rings (SSSR count). The minimum atomic E-state index is -4.50. The third kappa shape index (κ3) is 3.82. The van der Waals surface area contributed by atoms with E-state index in [1.807, 2.05) is 31.2 Å².